The molecule has 3 aliphatic rings. The second-order valence-electron chi connectivity index (χ2n) is 10.4. The van der Waals surface area contributed by atoms with Gasteiger partial charge in [-0.1, -0.05) is 11.6 Å². The Balaban J connectivity index is 1.40. The number of methoxy groups -OCH3 is 1. The van der Waals surface area contributed by atoms with Gasteiger partial charge in [0.2, 0.25) is 5.91 Å². The number of carbonyl (C=O) groups excluding carboxylic acids is 2. The molecule has 2 bridgehead atoms. The van der Waals surface area contributed by atoms with Crippen LogP contribution >= 0.6 is 11.6 Å². The number of benzene rings is 1. The maximum absolute atomic E-state index is 15.3. The van der Waals surface area contributed by atoms with Crippen molar-refractivity contribution in [2.45, 2.75) is 68.8 Å². The SMILES string of the molecule is [2H]C([2H])([2H])O[C@@H]1C[C@@H](C(=O)N[C@H](c2c(F)ccc(Cl)c2F)C23CCC(F)(CC2)C3)C[C@@H]1NC(=O)c1cncnc1. The first-order valence-electron chi connectivity index (χ1n) is 13.7. The third kappa shape index (κ3) is 4.81. The zero-order chi connectivity index (χ0) is 28.9. The zero-order valence-corrected chi connectivity index (χ0v) is 20.5. The summed E-state index contributed by atoms with van der Waals surface area (Å²) in [6, 6.07) is 0.0264. The number of alkyl halides is 1. The van der Waals surface area contributed by atoms with Gasteiger partial charge < -0.3 is 15.4 Å². The van der Waals surface area contributed by atoms with Crippen molar-refractivity contribution in [1.82, 2.24) is 20.6 Å². The predicted octanol–water partition coefficient (Wildman–Crippen LogP) is 4.46. The number of carbonyl (C=O) groups is 2. The number of amides is 2. The summed E-state index contributed by atoms with van der Waals surface area (Å²) in [5.74, 6) is -3.99. The highest BCUT2D eigenvalue weighted by Crippen LogP contribution is 2.63. The van der Waals surface area contributed by atoms with Crippen LogP contribution in [-0.4, -0.2) is 46.6 Å². The number of halogens is 4. The van der Waals surface area contributed by atoms with E-state index in [2.05, 4.69) is 20.6 Å². The second-order valence-corrected chi connectivity index (χ2v) is 10.8. The maximum atomic E-state index is 15.3. The molecule has 3 aliphatic carbocycles. The van der Waals surface area contributed by atoms with Crippen LogP contribution in [0.15, 0.2) is 30.9 Å². The molecule has 3 saturated carbocycles. The second kappa shape index (κ2) is 9.87. The predicted molar refractivity (Wildman–Crippen MR) is 128 cm³/mol. The van der Waals surface area contributed by atoms with E-state index in [4.69, 9.17) is 20.5 Å². The molecule has 0 saturated heterocycles. The van der Waals surface area contributed by atoms with Gasteiger partial charge in [0.1, 0.15) is 23.6 Å². The van der Waals surface area contributed by atoms with E-state index in [1.54, 1.807) is 0 Å². The normalized spacial score (nSPS) is 32.9. The van der Waals surface area contributed by atoms with Crippen LogP contribution in [0, 0.1) is 23.0 Å². The standard InChI is InChI=1S/C26H28ClF3N4O3/c1-37-19-9-14(8-18(19)33-24(36)15-10-31-13-32-11-15)23(35)34-22(20-17(28)3-2-16(27)21(20)29)25-4-6-26(30,12-25)7-5-25/h2-3,10-11,13-14,18-19,22H,4-9,12H2,1H3,(H,33,36)(H,34,35)/t14-,18-,19+,22+,25?,26?/m0/s1/i1D3. The number of ether oxygens (including phenoxy) is 1. The maximum Gasteiger partial charge on any atom is 0.254 e. The summed E-state index contributed by atoms with van der Waals surface area (Å²) < 4.78 is 73.4. The molecule has 0 aliphatic heterocycles. The van der Waals surface area contributed by atoms with E-state index >= 15 is 13.2 Å². The topological polar surface area (TPSA) is 93.2 Å². The summed E-state index contributed by atoms with van der Waals surface area (Å²) in [5, 5.41) is 5.14. The number of hydrogen-bond acceptors (Lipinski definition) is 5. The van der Waals surface area contributed by atoms with Crippen molar-refractivity contribution in [2.75, 3.05) is 7.04 Å². The van der Waals surface area contributed by atoms with Gasteiger partial charge in [-0.05, 0) is 62.5 Å². The largest absolute Gasteiger partial charge is 0.379 e. The lowest BCUT2D eigenvalue weighted by molar-refractivity contribution is -0.127. The highest BCUT2D eigenvalue weighted by Gasteiger charge is 2.59. The van der Waals surface area contributed by atoms with Crippen LogP contribution < -0.4 is 10.6 Å². The first-order chi connectivity index (χ1) is 18.8. The van der Waals surface area contributed by atoms with Gasteiger partial charge in [0, 0.05) is 30.9 Å². The Morgan fingerprint density at radius 3 is 2.57 bits per heavy atom. The molecule has 0 unspecified atom stereocenters. The van der Waals surface area contributed by atoms with E-state index in [0.717, 1.165) is 12.1 Å². The number of rotatable bonds is 7. The molecule has 1 heterocycles. The van der Waals surface area contributed by atoms with Crippen LogP contribution in [0.4, 0.5) is 13.2 Å². The fraction of sp³-hybridized carbons (Fsp3) is 0.538. The van der Waals surface area contributed by atoms with Gasteiger partial charge in [0.15, 0.2) is 0 Å². The quantitative estimate of drug-likeness (QED) is 0.507. The Bertz CT molecular complexity index is 1300. The van der Waals surface area contributed by atoms with Crippen molar-refractivity contribution in [3.8, 4) is 0 Å². The minimum Gasteiger partial charge on any atom is -0.379 e. The Labute approximate surface area is 221 Å². The number of hydrogen-bond donors (Lipinski definition) is 2. The number of fused-ring (bicyclic) bond motifs is 2. The minimum absolute atomic E-state index is 0.000705. The van der Waals surface area contributed by atoms with Gasteiger partial charge in [-0.25, -0.2) is 23.1 Å². The van der Waals surface area contributed by atoms with Crippen LogP contribution in [0.3, 0.4) is 0 Å². The van der Waals surface area contributed by atoms with Crippen molar-refractivity contribution in [2.24, 2.45) is 11.3 Å². The lowest BCUT2D eigenvalue weighted by Gasteiger charge is -2.37. The Morgan fingerprint density at radius 2 is 1.92 bits per heavy atom. The van der Waals surface area contributed by atoms with Crippen LogP contribution in [0.2, 0.25) is 5.02 Å². The zero-order valence-electron chi connectivity index (χ0n) is 22.8. The van der Waals surface area contributed by atoms with E-state index in [9.17, 15) is 9.59 Å². The molecule has 1 aromatic carbocycles. The summed E-state index contributed by atoms with van der Waals surface area (Å²) in [5.41, 5.74) is -2.66. The monoisotopic (exact) mass is 539 g/mol. The smallest absolute Gasteiger partial charge is 0.254 e. The first kappa shape index (κ1) is 22.3. The summed E-state index contributed by atoms with van der Waals surface area (Å²) >= 11 is 5.98. The van der Waals surface area contributed by atoms with Crippen LogP contribution in [-0.2, 0) is 9.53 Å². The van der Waals surface area contributed by atoms with Gasteiger partial charge in [0.25, 0.3) is 5.91 Å². The van der Waals surface area contributed by atoms with E-state index in [0.29, 0.717) is 12.8 Å². The molecule has 3 fully saturated rings. The minimum atomic E-state index is -2.80. The molecule has 1 aromatic heterocycles. The van der Waals surface area contributed by atoms with E-state index in [1.165, 1.54) is 18.7 Å². The summed E-state index contributed by atoms with van der Waals surface area (Å²) in [7, 11) is -2.80. The Morgan fingerprint density at radius 1 is 1.19 bits per heavy atom. The molecule has 2 aromatic rings. The summed E-state index contributed by atoms with van der Waals surface area (Å²) in [4.78, 5) is 34.0. The van der Waals surface area contributed by atoms with Crippen molar-refractivity contribution < 1.29 is 31.6 Å². The number of nitrogens with one attached hydrogen (secondary N) is 2. The molecule has 7 nitrogen and oxygen atoms in total. The van der Waals surface area contributed by atoms with Gasteiger partial charge >= 0.3 is 0 Å². The van der Waals surface area contributed by atoms with Gasteiger partial charge in [-0.3, -0.25) is 9.59 Å². The fourth-order valence-electron chi connectivity index (χ4n) is 6.33. The van der Waals surface area contributed by atoms with Crippen LogP contribution in [0.25, 0.3) is 0 Å². The average molecular weight is 540 g/mol. The van der Waals surface area contributed by atoms with E-state index in [1.807, 2.05) is 0 Å². The Hall–Kier alpha value is -2.72. The van der Waals surface area contributed by atoms with Crippen LogP contribution in [0.5, 0.6) is 0 Å². The lowest BCUT2D eigenvalue weighted by Crippen LogP contribution is -2.43. The molecule has 5 rings (SSSR count). The first-order valence-corrected chi connectivity index (χ1v) is 12.5. The van der Waals surface area contributed by atoms with Crippen molar-refractivity contribution in [3.05, 3.63) is 58.6 Å². The Kier molecular flexibility index (Phi) is 5.94. The van der Waals surface area contributed by atoms with Crippen LogP contribution in [0.1, 0.15) is 71.0 Å². The van der Waals surface area contributed by atoms with Gasteiger partial charge in [-0.15, -0.1) is 0 Å². The molecule has 198 valence electrons. The van der Waals surface area contributed by atoms with Gasteiger partial charge in [-0.2, -0.15) is 0 Å². The third-order valence-electron chi connectivity index (χ3n) is 8.24. The molecule has 11 heteroatoms. The fourth-order valence-corrected chi connectivity index (χ4v) is 6.50. The molecule has 37 heavy (non-hydrogen) atoms. The lowest BCUT2D eigenvalue weighted by atomic mass is 9.74. The van der Waals surface area contributed by atoms with Crippen molar-refractivity contribution in [1.29, 1.82) is 0 Å². The van der Waals surface area contributed by atoms with Gasteiger partial charge in [0.05, 0.1) is 32.9 Å². The third-order valence-corrected chi connectivity index (χ3v) is 8.54. The van der Waals surface area contributed by atoms with Crippen molar-refractivity contribution >= 4 is 23.4 Å². The van der Waals surface area contributed by atoms with Crippen molar-refractivity contribution in [3.63, 3.8) is 0 Å². The number of aromatic nitrogens is 2. The van der Waals surface area contributed by atoms with E-state index in [-0.39, 0.29) is 42.7 Å². The highest BCUT2D eigenvalue weighted by atomic mass is 35.5. The molecular weight excluding hydrogens is 509 g/mol. The van der Waals surface area contributed by atoms with E-state index < -0.39 is 71.2 Å². The molecule has 4 atom stereocenters. The summed E-state index contributed by atoms with van der Waals surface area (Å²) in [6.45, 7) is 0. The molecule has 0 radical (unpaired) electrons. The molecule has 0 spiro atoms. The average Bonchev–Trinajstić information content (AvgIpc) is 3.56. The highest BCUT2D eigenvalue weighted by molar-refractivity contribution is 6.30. The molecular formula is C26H28ClF3N4O3. The molecule has 2 N–H and O–H groups in total. The summed E-state index contributed by atoms with van der Waals surface area (Å²) in [6.07, 6.45) is 3.83. The number of nitrogens with zero attached hydrogens (tertiary/aromatic N) is 2. The molecule has 2 amide bonds.